The number of aliphatic carboxylic acids is 1. The van der Waals surface area contributed by atoms with Crippen molar-refractivity contribution in [2.24, 2.45) is 5.73 Å². The van der Waals surface area contributed by atoms with E-state index in [0.29, 0.717) is 31.6 Å². The smallest absolute Gasteiger partial charge is 0.480 e. The van der Waals surface area contributed by atoms with E-state index in [1.54, 1.807) is 59.1 Å². The van der Waals surface area contributed by atoms with Crippen LogP contribution in [-0.4, -0.2) is 199 Å². The molecule has 0 unspecified atom stereocenters. The summed E-state index contributed by atoms with van der Waals surface area (Å²) < 4.78 is 81.1. The van der Waals surface area contributed by atoms with Crippen molar-refractivity contribution in [3.63, 3.8) is 0 Å². The van der Waals surface area contributed by atoms with E-state index in [0.717, 1.165) is 82.2 Å². The van der Waals surface area contributed by atoms with Gasteiger partial charge in [0, 0.05) is 62.4 Å². The number of sulfone groups is 3. The van der Waals surface area contributed by atoms with E-state index in [4.69, 9.17) is 41.2 Å². The summed E-state index contributed by atoms with van der Waals surface area (Å²) >= 11 is 19.8. The number of hydrogen-bond donors (Lipinski definition) is 10. The predicted molar refractivity (Wildman–Crippen MR) is 529 cm³/mol. The molecule has 12 N–H and O–H groups in total. The van der Waals surface area contributed by atoms with Crippen molar-refractivity contribution >= 4 is 227 Å². The van der Waals surface area contributed by atoms with Crippen molar-refractivity contribution in [2.45, 2.75) is 93.1 Å². The van der Waals surface area contributed by atoms with E-state index in [2.05, 4.69) is 128 Å². The molecule has 7 aromatic carbocycles. The third-order valence-corrected chi connectivity index (χ3v) is 26.1. The minimum Gasteiger partial charge on any atom is -0.480 e. The number of thiazole rings is 5. The van der Waals surface area contributed by atoms with Gasteiger partial charge in [-0.3, -0.25) is 33.6 Å². The number of ketones is 4. The number of rotatable bonds is 27. The van der Waals surface area contributed by atoms with Gasteiger partial charge in [0.15, 0.2) is 57.8 Å². The molecule has 0 bridgehead atoms. The first-order chi connectivity index (χ1) is 62.3. The molecular weight excluding hydrogens is 2140 g/mol. The largest absolute Gasteiger partial charge is 0.488 e. The number of nitrogens with two attached hydrogens (primary N) is 2. The lowest BCUT2D eigenvalue weighted by atomic mass is 9.79. The van der Waals surface area contributed by atoms with Gasteiger partial charge >= 0.3 is 31.2 Å². The number of ether oxygens (including phenoxy) is 2. The van der Waals surface area contributed by atoms with Gasteiger partial charge in [-0.25, -0.2) is 64.6 Å². The highest BCUT2D eigenvalue weighted by atomic mass is 79.9. The number of halogens is 4. The van der Waals surface area contributed by atoms with E-state index < -0.39 is 90.3 Å². The molecule has 0 aliphatic rings. The van der Waals surface area contributed by atoms with Gasteiger partial charge in [0.1, 0.15) is 56.2 Å². The summed E-state index contributed by atoms with van der Waals surface area (Å²) in [5, 5.41) is 57.1. The fourth-order valence-corrected chi connectivity index (χ4v) is 17.7. The van der Waals surface area contributed by atoms with Crippen LogP contribution in [-0.2, 0) is 88.6 Å². The van der Waals surface area contributed by atoms with Crippen molar-refractivity contribution in [2.75, 3.05) is 57.2 Å². The number of nitrogens with zero attached hydrogens (tertiary/aromatic N) is 5. The van der Waals surface area contributed by atoms with Gasteiger partial charge in [-0.2, -0.15) is 0 Å². The zero-order valence-electron chi connectivity index (χ0n) is 72.5. The number of alkyl carbamates (subject to hydrolysis) is 2. The second kappa shape index (κ2) is 55.2. The van der Waals surface area contributed by atoms with Crippen LogP contribution in [0.15, 0.2) is 242 Å². The lowest BCUT2D eigenvalue weighted by Crippen LogP contribution is -2.35. The third kappa shape index (κ3) is 45.7. The number of nitrogens with one attached hydrogen (secondary N) is 4. The van der Waals surface area contributed by atoms with E-state index >= 15 is 0 Å². The number of carboxylic acids is 2. The summed E-state index contributed by atoms with van der Waals surface area (Å²) in [5.74, 6) is -3.69. The summed E-state index contributed by atoms with van der Waals surface area (Å²) in [4.78, 5) is 134. The molecule has 0 aliphatic carbocycles. The molecule has 0 aliphatic heterocycles. The average molecular weight is 2230 g/mol. The minimum atomic E-state index is -3.42. The molecule has 4 amide bonds. The SMILES string of the molecule is CC(C)(C)OC(=O)NCC(=O)Cc1nc(Br)cs1.CC(C)(C)OC(=O)NCC(=O)O.CS(=O)(=O)c1cccc(C(=O)NCC(=O)Cc2nc(-c3cccc(-c4ccccc4)c3)cs2)c1.CS(=O)(=O)c1cccc(C(=O)NCC(=O)Cc2nc(Br)cs2)c1.CS(=O)(=O)c1cccc(C(=O)O)c1.NCC(=O)Cc1nc(Br)cs1.Nc1nc(Br)cs1.OB(O)c1cccc(-c2ccccc2)c1. The van der Waals surface area contributed by atoms with Gasteiger partial charge in [-0.1, -0.05) is 121 Å². The molecule has 0 fully saturated rings. The van der Waals surface area contributed by atoms with E-state index in [1.807, 2.05) is 100 Å². The number of benzene rings is 7. The molecule has 0 saturated heterocycles. The zero-order valence-corrected chi connectivity index (χ0v) is 85.3. The van der Waals surface area contributed by atoms with Gasteiger partial charge in [0.2, 0.25) is 0 Å². The predicted octanol–water partition coefficient (Wildman–Crippen LogP) is 13.7. The zero-order chi connectivity index (χ0) is 99.0. The minimum absolute atomic E-state index is 0.0202. The molecule has 5 heterocycles. The maximum atomic E-state index is 12.4. The highest BCUT2D eigenvalue weighted by Crippen LogP contribution is 2.29. The molecule has 0 saturated carbocycles. The number of nitrogen functional groups attached to an aromatic ring is 1. The first-order valence-corrected chi connectivity index (χ1v) is 52.0. The van der Waals surface area contributed by atoms with Crippen LogP contribution < -0.4 is 38.2 Å². The summed E-state index contributed by atoms with van der Waals surface area (Å²) in [6, 6.07) is 51.9. The number of anilines is 1. The normalized spacial score (nSPS) is 10.8. The fourth-order valence-electron chi connectivity index (χ4n) is 9.94. The van der Waals surface area contributed by atoms with Crippen LogP contribution >= 0.6 is 120 Å². The number of aromatic carboxylic acids is 1. The van der Waals surface area contributed by atoms with Crippen LogP contribution in [0.3, 0.4) is 0 Å². The van der Waals surface area contributed by atoms with Crippen molar-refractivity contribution in [3.8, 4) is 33.5 Å². The van der Waals surface area contributed by atoms with Crippen LogP contribution in [0, 0.1) is 0 Å². The monoisotopic (exact) mass is 2230 g/mol. The summed E-state index contributed by atoms with van der Waals surface area (Å²) in [5.41, 5.74) is 16.1. The number of aromatic nitrogens is 5. The second-order valence-corrected chi connectivity index (χ2v) is 43.3. The average Bonchev–Trinajstić information content (AvgIpc) is 1.72. The molecule has 12 rings (SSSR count). The quantitative estimate of drug-likeness (QED) is 0.0214. The number of carbonyl (C=O) groups excluding carboxylic acids is 8. The van der Waals surface area contributed by atoms with Crippen LogP contribution in [0.25, 0.3) is 33.5 Å². The number of Topliss-reactive ketones (excluding diaryl/α,β-unsaturated/α-hetero) is 4. The number of amides is 4. The third-order valence-electron chi connectivity index (χ3n) is 15.9. The Bertz CT molecular complexity index is 6300. The Morgan fingerprint density at radius 3 is 1.07 bits per heavy atom. The van der Waals surface area contributed by atoms with Crippen molar-refractivity contribution in [1.29, 1.82) is 0 Å². The van der Waals surface area contributed by atoms with Crippen molar-refractivity contribution in [3.05, 3.63) is 264 Å². The van der Waals surface area contributed by atoms with Crippen LogP contribution in [0.4, 0.5) is 14.7 Å². The van der Waals surface area contributed by atoms with Crippen LogP contribution in [0.1, 0.15) is 92.6 Å². The van der Waals surface area contributed by atoms with Crippen LogP contribution in [0.2, 0.25) is 0 Å². The van der Waals surface area contributed by atoms with Crippen LogP contribution in [0.5, 0.6) is 0 Å². The van der Waals surface area contributed by atoms with Gasteiger partial charge in [-0.15, -0.1) is 56.7 Å². The number of carboxylic acid groups (broad SMARTS) is 2. The molecule has 0 radical (unpaired) electrons. The Kier molecular flexibility index (Phi) is 46.8. The lowest BCUT2D eigenvalue weighted by Gasteiger charge is -2.19. The first-order valence-electron chi connectivity index (χ1n) is 38.7. The van der Waals surface area contributed by atoms with Gasteiger partial charge < -0.3 is 62.5 Å². The summed E-state index contributed by atoms with van der Waals surface area (Å²) in [7, 11) is -11.5. The number of carbonyl (C=O) groups is 10. The Balaban J connectivity index is 0.000000281. The Hall–Kier alpha value is -10.7. The van der Waals surface area contributed by atoms with Crippen molar-refractivity contribution in [1.82, 2.24) is 46.2 Å². The standard InChI is InChI=1S/C26H22N2O4S2.C14H13BrN2O4S2.C12H11BO2.C11H15BrN2O3S.C8H8O4S.C7H13NO4.C6H7BrN2OS.C3H3BrN2S/c1-34(31,32)23-12-6-11-21(14-23)26(30)27-16-22(29)15-25-28-24(17-33-25)20-10-5-9-19(13-20)18-7-3-2-4-8-18;1-23(20,21)11-4-2-3-9(5-11)14(19)16-7-10(18)6-13-17-12(15)8-22-13;14-13(15)12-8-4-7-11(9-12)10-5-2-1-3-6-10;1-11(2,3)17-10(16)13-5-7(15)4-9-14-8(12)6-18-9;1-13(11,12)7-4-2-3-6(5-7)8(9)10;1-7(2,3)12-6(11)8-4-5(9)10;7-5-3-11-6(9-5)1-4(10)2-8;4-2-1-7-3(5)6-2/h2-14,17H,15-16H2,1H3,(H,27,30);2-5,8H,6-7H2,1H3,(H,16,19);1-9,14-15H;6H,4-5H2,1-3H3,(H,13,16);2-5H,1H3,(H,9,10);4H2,1-3H3,(H,8,11)(H,9,10);3H,1-2,8H2;1H,(H2,5,6). The molecular formula is C87H92BBr4N11O22S8. The maximum absolute atomic E-state index is 12.4. The van der Waals surface area contributed by atoms with E-state index in [9.17, 15) is 73.2 Å². The first kappa shape index (κ1) is 113. The summed E-state index contributed by atoms with van der Waals surface area (Å²) in [6.45, 7) is 9.72. The number of hydrogen-bond acceptors (Lipinski definition) is 32. The topological polar surface area (TPSA) is 537 Å². The Labute approximate surface area is 821 Å². The molecule has 33 nitrogen and oxygen atoms in total. The molecule has 133 heavy (non-hydrogen) atoms. The van der Waals surface area contributed by atoms with Gasteiger partial charge in [0.05, 0.1) is 77.8 Å². The Morgan fingerprint density at radius 1 is 0.391 bits per heavy atom. The second-order valence-electron chi connectivity index (χ2n) is 29.4. The van der Waals surface area contributed by atoms with Gasteiger partial charge in [0.25, 0.3) is 11.8 Å². The highest BCUT2D eigenvalue weighted by molar-refractivity contribution is 9.11. The summed E-state index contributed by atoms with van der Waals surface area (Å²) in [6.07, 6.45) is 2.69. The molecule has 0 spiro atoms. The molecule has 5 aromatic heterocycles. The van der Waals surface area contributed by atoms with E-state index in [1.165, 1.54) is 123 Å². The molecule has 46 heteroatoms. The maximum Gasteiger partial charge on any atom is 0.488 e. The highest BCUT2D eigenvalue weighted by Gasteiger charge is 2.22. The molecule has 12 aromatic rings. The van der Waals surface area contributed by atoms with Gasteiger partial charge in [-0.05, 0) is 194 Å². The van der Waals surface area contributed by atoms with Crippen molar-refractivity contribution < 1.29 is 103 Å². The Morgan fingerprint density at radius 2 is 0.722 bits per heavy atom. The molecule has 0 atom stereocenters. The lowest BCUT2D eigenvalue weighted by molar-refractivity contribution is -0.136. The fraction of sp³-hybridized carbons (Fsp3) is 0.230. The molecule has 706 valence electrons. The van der Waals surface area contributed by atoms with E-state index in [-0.39, 0.29) is 100.0 Å².